The highest BCUT2D eigenvalue weighted by Gasteiger charge is 2.19. The first-order chi connectivity index (χ1) is 5.02. The van der Waals surface area contributed by atoms with Gasteiger partial charge in [0.05, 0.1) is 5.25 Å². The van der Waals surface area contributed by atoms with Crippen LogP contribution in [0.3, 0.4) is 0 Å². The molecule has 0 saturated carbocycles. The van der Waals surface area contributed by atoms with Crippen molar-refractivity contribution in [3.63, 3.8) is 0 Å². The second kappa shape index (κ2) is 4.66. The lowest BCUT2D eigenvalue weighted by Crippen LogP contribution is -2.29. The molecule has 0 spiro atoms. The summed E-state index contributed by atoms with van der Waals surface area (Å²) in [5.74, 6) is 0. The molecular weight excluding hydrogens is 168 g/mol. The second-order valence-corrected chi connectivity index (χ2v) is 4.00. The normalized spacial score (nSPS) is 14.8. The number of nitrogens with two attached hydrogens (primary N) is 2. The Hall–Kier alpha value is -0.170. The molecule has 0 heterocycles. The minimum atomic E-state index is -3.97. The maximum atomic E-state index is 10.5. The zero-order valence-corrected chi connectivity index (χ0v) is 7.05. The van der Waals surface area contributed by atoms with Crippen LogP contribution in [0.1, 0.15) is 12.8 Å². The van der Waals surface area contributed by atoms with Gasteiger partial charge in [0.15, 0.2) is 0 Å². The SMILES string of the molecule is NCCCC(CN)S(=O)(=O)O. The predicted molar refractivity (Wildman–Crippen MR) is 42.7 cm³/mol. The molecule has 0 aromatic carbocycles. The van der Waals surface area contributed by atoms with Crippen molar-refractivity contribution in [3.8, 4) is 0 Å². The van der Waals surface area contributed by atoms with Gasteiger partial charge in [0.1, 0.15) is 0 Å². The van der Waals surface area contributed by atoms with Crippen molar-refractivity contribution >= 4 is 10.1 Å². The average molecular weight is 182 g/mol. The third kappa shape index (κ3) is 4.31. The molecule has 0 rings (SSSR count). The Morgan fingerprint density at radius 1 is 1.36 bits per heavy atom. The first-order valence-electron chi connectivity index (χ1n) is 3.38. The van der Waals surface area contributed by atoms with Crippen LogP contribution >= 0.6 is 0 Å². The fraction of sp³-hybridized carbons (Fsp3) is 1.00. The molecule has 5 nitrogen and oxygen atoms in total. The molecule has 0 fully saturated rings. The molecule has 0 aromatic heterocycles. The third-order valence-electron chi connectivity index (χ3n) is 1.41. The summed E-state index contributed by atoms with van der Waals surface area (Å²) in [4.78, 5) is 0. The van der Waals surface area contributed by atoms with Crippen LogP contribution in [-0.4, -0.2) is 31.3 Å². The summed E-state index contributed by atoms with van der Waals surface area (Å²) in [6.45, 7) is 0.352. The Labute approximate surface area is 66.5 Å². The lowest BCUT2D eigenvalue weighted by Gasteiger charge is -2.09. The monoisotopic (exact) mass is 182 g/mol. The molecule has 11 heavy (non-hydrogen) atoms. The molecule has 0 aliphatic heterocycles. The standard InChI is InChI=1S/C5H14N2O3S/c6-3-1-2-5(4-7)11(8,9)10/h5H,1-4,6-7H2,(H,8,9,10). The largest absolute Gasteiger partial charge is 0.330 e. The minimum Gasteiger partial charge on any atom is -0.330 e. The maximum Gasteiger partial charge on any atom is 0.269 e. The van der Waals surface area contributed by atoms with Crippen molar-refractivity contribution in [2.45, 2.75) is 18.1 Å². The molecule has 0 bridgehead atoms. The average Bonchev–Trinajstić information content (AvgIpc) is 1.87. The predicted octanol–water partition coefficient (Wildman–Crippen LogP) is -1.06. The third-order valence-corrected chi connectivity index (χ3v) is 2.68. The highest BCUT2D eigenvalue weighted by atomic mass is 32.2. The van der Waals surface area contributed by atoms with Crippen LogP contribution in [0.5, 0.6) is 0 Å². The van der Waals surface area contributed by atoms with Gasteiger partial charge in [0, 0.05) is 6.54 Å². The van der Waals surface area contributed by atoms with E-state index in [9.17, 15) is 8.42 Å². The van der Waals surface area contributed by atoms with E-state index in [1.54, 1.807) is 0 Å². The van der Waals surface area contributed by atoms with Crippen LogP contribution in [-0.2, 0) is 10.1 Å². The molecule has 1 unspecified atom stereocenters. The molecular formula is C5H14N2O3S. The Morgan fingerprint density at radius 3 is 2.18 bits per heavy atom. The highest BCUT2D eigenvalue weighted by Crippen LogP contribution is 2.04. The lowest BCUT2D eigenvalue weighted by atomic mass is 10.2. The Morgan fingerprint density at radius 2 is 1.91 bits per heavy atom. The van der Waals surface area contributed by atoms with Crippen LogP contribution in [0, 0.1) is 0 Å². The van der Waals surface area contributed by atoms with Gasteiger partial charge in [-0.2, -0.15) is 8.42 Å². The van der Waals surface area contributed by atoms with Crippen molar-refractivity contribution in [1.82, 2.24) is 0 Å². The van der Waals surface area contributed by atoms with Crippen LogP contribution < -0.4 is 11.5 Å². The van der Waals surface area contributed by atoms with Crippen molar-refractivity contribution in [2.24, 2.45) is 11.5 Å². The summed E-state index contributed by atoms with van der Waals surface area (Å²) in [5, 5.41) is -0.856. The molecule has 68 valence electrons. The van der Waals surface area contributed by atoms with Crippen LogP contribution in [0.25, 0.3) is 0 Å². The van der Waals surface area contributed by atoms with Crippen molar-refractivity contribution in [1.29, 1.82) is 0 Å². The first kappa shape index (κ1) is 10.8. The quantitative estimate of drug-likeness (QED) is 0.470. The van der Waals surface area contributed by atoms with E-state index in [2.05, 4.69) is 0 Å². The van der Waals surface area contributed by atoms with Gasteiger partial charge >= 0.3 is 0 Å². The summed E-state index contributed by atoms with van der Waals surface area (Å²) in [7, 11) is -3.97. The van der Waals surface area contributed by atoms with Crippen molar-refractivity contribution in [2.75, 3.05) is 13.1 Å². The number of hydrogen-bond acceptors (Lipinski definition) is 4. The summed E-state index contributed by atoms with van der Waals surface area (Å²) in [5.41, 5.74) is 10.3. The van der Waals surface area contributed by atoms with Crippen LogP contribution in [0.2, 0.25) is 0 Å². The van der Waals surface area contributed by atoms with E-state index in [0.29, 0.717) is 19.4 Å². The van der Waals surface area contributed by atoms with Gasteiger partial charge in [0.2, 0.25) is 0 Å². The fourth-order valence-corrected chi connectivity index (χ4v) is 1.44. The van der Waals surface area contributed by atoms with Crippen LogP contribution in [0.4, 0.5) is 0 Å². The van der Waals surface area contributed by atoms with Gasteiger partial charge < -0.3 is 11.5 Å². The molecule has 0 radical (unpaired) electrons. The molecule has 6 heteroatoms. The maximum absolute atomic E-state index is 10.5. The van der Waals surface area contributed by atoms with E-state index >= 15 is 0 Å². The summed E-state index contributed by atoms with van der Waals surface area (Å²) >= 11 is 0. The summed E-state index contributed by atoms with van der Waals surface area (Å²) in [6.07, 6.45) is 0.882. The number of hydrogen-bond donors (Lipinski definition) is 3. The molecule has 0 aromatic rings. The first-order valence-corrected chi connectivity index (χ1v) is 4.89. The van der Waals surface area contributed by atoms with E-state index in [4.69, 9.17) is 16.0 Å². The second-order valence-electron chi connectivity index (χ2n) is 2.30. The molecule has 0 aliphatic carbocycles. The smallest absolute Gasteiger partial charge is 0.269 e. The molecule has 0 aliphatic rings. The zero-order chi connectivity index (χ0) is 8.91. The molecule has 1 atom stereocenters. The molecule has 0 saturated heterocycles. The molecule has 5 N–H and O–H groups in total. The van der Waals surface area contributed by atoms with Gasteiger partial charge in [-0.1, -0.05) is 0 Å². The van der Waals surface area contributed by atoms with E-state index in [-0.39, 0.29) is 6.54 Å². The van der Waals surface area contributed by atoms with Crippen molar-refractivity contribution in [3.05, 3.63) is 0 Å². The van der Waals surface area contributed by atoms with E-state index in [1.165, 1.54) is 0 Å². The van der Waals surface area contributed by atoms with E-state index in [1.807, 2.05) is 0 Å². The Bertz CT molecular complexity index is 190. The lowest BCUT2D eigenvalue weighted by molar-refractivity contribution is 0.460. The highest BCUT2D eigenvalue weighted by molar-refractivity contribution is 7.86. The van der Waals surface area contributed by atoms with Gasteiger partial charge in [-0.05, 0) is 19.4 Å². The number of rotatable bonds is 5. The summed E-state index contributed by atoms with van der Waals surface area (Å²) in [6, 6.07) is 0. The van der Waals surface area contributed by atoms with Gasteiger partial charge in [0.25, 0.3) is 10.1 Å². The van der Waals surface area contributed by atoms with Crippen molar-refractivity contribution < 1.29 is 13.0 Å². The fourth-order valence-electron chi connectivity index (χ4n) is 0.734. The van der Waals surface area contributed by atoms with Gasteiger partial charge in [-0.15, -0.1) is 0 Å². The van der Waals surface area contributed by atoms with Gasteiger partial charge in [-0.25, -0.2) is 0 Å². The summed E-state index contributed by atoms with van der Waals surface area (Å²) < 4.78 is 29.6. The van der Waals surface area contributed by atoms with Gasteiger partial charge in [-0.3, -0.25) is 4.55 Å². The van der Waals surface area contributed by atoms with Crippen LogP contribution in [0.15, 0.2) is 0 Å². The Balaban J connectivity index is 3.97. The van der Waals surface area contributed by atoms with E-state index in [0.717, 1.165) is 0 Å². The van der Waals surface area contributed by atoms with E-state index < -0.39 is 15.4 Å². The minimum absolute atomic E-state index is 0.0567. The zero-order valence-electron chi connectivity index (χ0n) is 6.23. The Kier molecular flexibility index (Phi) is 4.58. The topological polar surface area (TPSA) is 106 Å². The molecule has 0 amide bonds.